The first-order chi connectivity index (χ1) is 9.20. The Morgan fingerprint density at radius 2 is 2.37 bits per heavy atom. The van der Waals surface area contributed by atoms with Crippen molar-refractivity contribution >= 4 is 5.97 Å². The minimum atomic E-state index is -0.232. The van der Waals surface area contributed by atoms with E-state index in [-0.39, 0.29) is 30.9 Å². The van der Waals surface area contributed by atoms with Gasteiger partial charge in [-0.05, 0) is 25.5 Å². The molecule has 1 aromatic heterocycles. The van der Waals surface area contributed by atoms with Crippen LogP contribution in [0.25, 0.3) is 0 Å². The molecule has 5 heteroatoms. The summed E-state index contributed by atoms with van der Waals surface area (Å²) in [6.07, 6.45) is 2.48. The summed E-state index contributed by atoms with van der Waals surface area (Å²) in [6.45, 7) is 2.10. The topological polar surface area (TPSA) is 57.7 Å². The number of pyridine rings is 1. The SMILES string of the molecule is COCO[C@@H](C)[C@@H]1OC(=O)C[C@H]1Cc1ccccn1. The molecule has 0 bridgehead atoms. The Hall–Kier alpha value is -1.46. The van der Waals surface area contributed by atoms with E-state index in [1.165, 1.54) is 0 Å². The number of hydrogen-bond acceptors (Lipinski definition) is 5. The second kappa shape index (κ2) is 6.63. The summed E-state index contributed by atoms with van der Waals surface area (Å²) in [6, 6.07) is 5.78. The molecule has 0 saturated carbocycles. The van der Waals surface area contributed by atoms with Crippen LogP contribution in [0.2, 0.25) is 0 Å². The van der Waals surface area contributed by atoms with Crippen molar-refractivity contribution in [1.29, 1.82) is 0 Å². The van der Waals surface area contributed by atoms with E-state index in [9.17, 15) is 4.79 Å². The summed E-state index contributed by atoms with van der Waals surface area (Å²) < 4.78 is 15.7. The van der Waals surface area contributed by atoms with Crippen LogP contribution < -0.4 is 0 Å². The van der Waals surface area contributed by atoms with Crippen LogP contribution in [0.5, 0.6) is 0 Å². The van der Waals surface area contributed by atoms with Crippen molar-refractivity contribution in [1.82, 2.24) is 4.98 Å². The highest BCUT2D eigenvalue weighted by atomic mass is 16.7. The van der Waals surface area contributed by atoms with Crippen LogP contribution in [-0.4, -0.2) is 37.1 Å². The second-order valence-corrected chi connectivity index (χ2v) is 4.72. The molecule has 1 aliphatic heterocycles. The number of rotatable bonds is 6. The van der Waals surface area contributed by atoms with Gasteiger partial charge in [-0.2, -0.15) is 0 Å². The lowest BCUT2D eigenvalue weighted by molar-refractivity contribution is -0.153. The first-order valence-corrected chi connectivity index (χ1v) is 6.40. The fourth-order valence-corrected chi connectivity index (χ4v) is 2.35. The molecule has 1 aromatic rings. The average molecular weight is 265 g/mol. The fourth-order valence-electron chi connectivity index (χ4n) is 2.35. The van der Waals surface area contributed by atoms with Crippen molar-refractivity contribution in [3.05, 3.63) is 30.1 Å². The van der Waals surface area contributed by atoms with Gasteiger partial charge in [-0.1, -0.05) is 6.07 Å². The van der Waals surface area contributed by atoms with Gasteiger partial charge in [0.05, 0.1) is 12.5 Å². The Kier molecular flexibility index (Phi) is 4.87. The van der Waals surface area contributed by atoms with Crippen LogP contribution in [0.4, 0.5) is 0 Å². The minimum absolute atomic E-state index is 0.106. The predicted molar refractivity (Wildman–Crippen MR) is 68.4 cm³/mol. The van der Waals surface area contributed by atoms with Crippen LogP contribution in [0.1, 0.15) is 19.0 Å². The highest BCUT2D eigenvalue weighted by Gasteiger charge is 2.39. The predicted octanol–water partition coefficient (Wildman–Crippen LogP) is 1.56. The monoisotopic (exact) mass is 265 g/mol. The molecule has 3 atom stereocenters. The zero-order valence-electron chi connectivity index (χ0n) is 11.2. The molecule has 5 nitrogen and oxygen atoms in total. The number of esters is 1. The third-order valence-electron chi connectivity index (χ3n) is 3.27. The maximum absolute atomic E-state index is 11.5. The molecule has 2 rings (SSSR count). The van der Waals surface area contributed by atoms with Crippen LogP contribution in [0.3, 0.4) is 0 Å². The number of carbonyl (C=O) groups is 1. The number of cyclic esters (lactones) is 1. The first-order valence-electron chi connectivity index (χ1n) is 6.40. The molecule has 0 unspecified atom stereocenters. The maximum atomic E-state index is 11.5. The normalized spacial score (nSPS) is 24.2. The number of aromatic nitrogens is 1. The lowest BCUT2D eigenvalue weighted by atomic mass is 9.92. The van der Waals surface area contributed by atoms with Gasteiger partial charge in [0, 0.05) is 24.9 Å². The highest BCUT2D eigenvalue weighted by molar-refractivity contribution is 5.72. The highest BCUT2D eigenvalue weighted by Crippen LogP contribution is 2.28. The quantitative estimate of drug-likeness (QED) is 0.577. The van der Waals surface area contributed by atoms with E-state index in [0.717, 1.165) is 12.1 Å². The summed E-state index contributed by atoms with van der Waals surface area (Å²) in [5.41, 5.74) is 0.967. The lowest BCUT2D eigenvalue weighted by Crippen LogP contribution is -2.33. The van der Waals surface area contributed by atoms with Gasteiger partial charge in [0.15, 0.2) is 0 Å². The van der Waals surface area contributed by atoms with Gasteiger partial charge in [-0.3, -0.25) is 9.78 Å². The van der Waals surface area contributed by atoms with Gasteiger partial charge < -0.3 is 14.2 Å². The molecule has 0 aromatic carbocycles. The first kappa shape index (κ1) is 14.0. The average Bonchev–Trinajstić information content (AvgIpc) is 2.78. The smallest absolute Gasteiger partial charge is 0.306 e. The van der Waals surface area contributed by atoms with Gasteiger partial charge in [0.1, 0.15) is 12.9 Å². The zero-order valence-corrected chi connectivity index (χ0v) is 11.2. The van der Waals surface area contributed by atoms with E-state index in [2.05, 4.69) is 4.98 Å². The number of nitrogens with zero attached hydrogens (tertiary/aromatic N) is 1. The van der Waals surface area contributed by atoms with Gasteiger partial charge in [-0.15, -0.1) is 0 Å². The largest absolute Gasteiger partial charge is 0.459 e. The van der Waals surface area contributed by atoms with E-state index in [0.29, 0.717) is 6.42 Å². The molecule has 0 radical (unpaired) electrons. The molecule has 0 amide bonds. The molecule has 1 fully saturated rings. The molecular formula is C14H19NO4. The Morgan fingerprint density at radius 3 is 3.05 bits per heavy atom. The Morgan fingerprint density at radius 1 is 1.53 bits per heavy atom. The third kappa shape index (κ3) is 3.75. The molecular weight excluding hydrogens is 246 g/mol. The molecule has 104 valence electrons. The second-order valence-electron chi connectivity index (χ2n) is 4.72. The lowest BCUT2D eigenvalue weighted by Gasteiger charge is -2.23. The Balaban J connectivity index is 1.99. The van der Waals surface area contributed by atoms with E-state index in [1.807, 2.05) is 25.1 Å². The van der Waals surface area contributed by atoms with Crippen LogP contribution in [-0.2, 0) is 25.4 Å². The van der Waals surface area contributed by atoms with Gasteiger partial charge >= 0.3 is 5.97 Å². The van der Waals surface area contributed by atoms with E-state index in [1.54, 1.807) is 13.3 Å². The van der Waals surface area contributed by atoms with Crippen molar-refractivity contribution in [2.75, 3.05) is 13.9 Å². The summed E-state index contributed by atoms with van der Waals surface area (Å²) in [5.74, 6) is -0.0620. The van der Waals surface area contributed by atoms with Crippen molar-refractivity contribution in [3.63, 3.8) is 0 Å². The van der Waals surface area contributed by atoms with E-state index < -0.39 is 0 Å². The van der Waals surface area contributed by atoms with Crippen molar-refractivity contribution < 1.29 is 19.0 Å². The van der Waals surface area contributed by atoms with Gasteiger partial charge in [0.2, 0.25) is 0 Å². The zero-order chi connectivity index (χ0) is 13.7. The molecule has 0 N–H and O–H groups in total. The molecule has 0 aliphatic carbocycles. The molecule has 0 spiro atoms. The van der Waals surface area contributed by atoms with Crippen molar-refractivity contribution in [2.24, 2.45) is 5.92 Å². The number of carbonyl (C=O) groups excluding carboxylic acids is 1. The number of ether oxygens (including phenoxy) is 3. The summed E-state index contributed by atoms with van der Waals surface area (Å²) in [4.78, 5) is 15.8. The molecule has 1 saturated heterocycles. The van der Waals surface area contributed by atoms with Crippen molar-refractivity contribution in [2.45, 2.75) is 32.0 Å². The molecule has 1 aliphatic rings. The summed E-state index contributed by atoms with van der Waals surface area (Å²) >= 11 is 0. The van der Waals surface area contributed by atoms with Crippen molar-refractivity contribution in [3.8, 4) is 0 Å². The van der Waals surface area contributed by atoms with E-state index in [4.69, 9.17) is 14.2 Å². The maximum Gasteiger partial charge on any atom is 0.306 e. The Labute approximate surface area is 112 Å². The number of methoxy groups -OCH3 is 1. The van der Waals surface area contributed by atoms with E-state index >= 15 is 0 Å². The standard InChI is InChI=1S/C14H19NO4/c1-10(18-9-17-2)14-11(8-13(16)19-14)7-12-5-3-4-6-15-12/h3-6,10-11,14H,7-9H2,1-2H3/t10-,11+,14-/m0/s1. The molecule has 19 heavy (non-hydrogen) atoms. The summed E-state index contributed by atoms with van der Waals surface area (Å²) in [5, 5.41) is 0. The number of hydrogen-bond donors (Lipinski definition) is 0. The van der Waals surface area contributed by atoms with Gasteiger partial charge in [0.25, 0.3) is 0 Å². The third-order valence-corrected chi connectivity index (χ3v) is 3.27. The Bertz CT molecular complexity index is 409. The van der Waals surface area contributed by atoms with Crippen LogP contribution >= 0.6 is 0 Å². The van der Waals surface area contributed by atoms with Crippen LogP contribution in [0, 0.1) is 5.92 Å². The fraction of sp³-hybridized carbons (Fsp3) is 0.571. The summed E-state index contributed by atoms with van der Waals surface area (Å²) in [7, 11) is 1.57. The minimum Gasteiger partial charge on any atom is -0.459 e. The van der Waals surface area contributed by atoms with Gasteiger partial charge in [-0.25, -0.2) is 0 Å². The van der Waals surface area contributed by atoms with Crippen LogP contribution in [0.15, 0.2) is 24.4 Å². The molecule has 2 heterocycles.